The van der Waals surface area contributed by atoms with Gasteiger partial charge in [0.1, 0.15) is 12.1 Å². The first-order chi connectivity index (χ1) is 16.9. The third-order valence-corrected chi connectivity index (χ3v) is 6.69. The van der Waals surface area contributed by atoms with Gasteiger partial charge in [-0.25, -0.2) is 0 Å². The molecule has 11 heteroatoms. The number of nitrogens with zero attached hydrogens (tertiary/aromatic N) is 1. The molecule has 10 nitrogen and oxygen atoms in total. The summed E-state index contributed by atoms with van der Waals surface area (Å²) >= 11 is 1.54. The fraction of sp³-hybridized carbons (Fsp3) is 0.800. The number of ketones is 1. The molecule has 0 aromatic rings. The number of Topliss-reactive ketones (excluding diaryl/α,β-unsaturated/α-hetero) is 1. The van der Waals surface area contributed by atoms with Gasteiger partial charge in [0.05, 0.1) is 19.1 Å². The molecule has 0 saturated carbocycles. The zero-order valence-corrected chi connectivity index (χ0v) is 23.6. The quantitative estimate of drug-likeness (QED) is 0.246. The third-order valence-electron chi connectivity index (χ3n) is 6.05. The summed E-state index contributed by atoms with van der Waals surface area (Å²) in [7, 11) is 0. The molecule has 1 rings (SSSR count). The maximum atomic E-state index is 13.2. The standard InChI is InChI=1S/C25H45N5O5S/c1-15(2)20(31)13-26-23(33)18(10-12-36-7)29-21(32)14-27-24(34)19-9-8-11-30(19)25(35)22(16(3)4)28-17(5)6/h15-19,22,28H,8-14H2,1-7H3,(H,26,33)(H,27,34)(H,29,32)/t18?,19-,22-/m0/s1. The first kappa shape index (κ1) is 31.9. The Morgan fingerprint density at radius 2 is 1.64 bits per heavy atom. The van der Waals surface area contributed by atoms with Crippen molar-refractivity contribution in [2.45, 2.75) is 85.0 Å². The third kappa shape index (κ3) is 10.5. The first-order valence-corrected chi connectivity index (χ1v) is 14.2. The number of likely N-dealkylation sites (tertiary alicyclic amines) is 1. The summed E-state index contributed by atoms with van der Waals surface area (Å²) in [4.78, 5) is 64.6. The van der Waals surface area contributed by atoms with E-state index in [0.29, 0.717) is 31.6 Å². The topological polar surface area (TPSA) is 137 Å². The Morgan fingerprint density at radius 1 is 0.972 bits per heavy atom. The lowest BCUT2D eigenvalue weighted by Crippen LogP contribution is -2.56. The molecule has 1 saturated heterocycles. The van der Waals surface area contributed by atoms with Crippen LogP contribution in [-0.4, -0.2) is 90.1 Å². The van der Waals surface area contributed by atoms with Crippen LogP contribution in [0.5, 0.6) is 0 Å². The van der Waals surface area contributed by atoms with E-state index in [1.54, 1.807) is 18.7 Å². The fourth-order valence-corrected chi connectivity index (χ4v) is 4.40. The molecule has 1 heterocycles. The van der Waals surface area contributed by atoms with Gasteiger partial charge >= 0.3 is 0 Å². The van der Waals surface area contributed by atoms with Crippen LogP contribution in [0.3, 0.4) is 0 Å². The van der Waals surface area contributed by atoms with E-state index in [9.17, 15) is 24.0 Å². The summed E-state index contributed by atoms with van der Waals surface area (Å²) in [6.45, 7) is 11.5. The van der Waals surface area contributed by atoms with Crippen molar-refractivity contribution in [3.63, 3.8) is 0 Å². The smallest absolute Gasteiger partial charge is 0.243 e. The maximum absolute atomic E-state index is 13.2. The first-order valence-electron chi connectivity index (χ1n) is 12.8. The number of hydrogen-bond donors (Lipinski definition) is 4. The number of carbonyl (C=O) groups is 5. The molecule has 0 bridgehead atoms. The molecule has 206 valence electrons. The van der Waals surface area contributed by atoms with E-state index in [2.05, 4.69) is 21.3 Å². The van der Waals surface area contributed by atoms with Crippen molar-refractivity contribution in [3.05, 3.63) is 0 Å². The Bertz CT molecular complexity index is 774. The van der Waals surface area contributed by atoms with Crippen LogP contribution < -0.4 is 21.3 Å². The molecule has 0 spiro atoms. The number of thioether (sulfide) groups is 1. The van der Waals surface area contributed by atoms with E-state index in [0.717, 1.165) is 0 Å². The van der Waals surface area contributed by atoms with Gasteiger partial charge in [-0.2, -0.15) is 11.8 Å². The highest BCUT2D eigenvalue weighted by Crippen LogP contribution is 2.20. The van der Waals surface area contributed by atoms with Crippen LogP contribution in [0.2, 0.25) is 0 Å². The summed E-state index contributed by atoms with van der Waals surface area (Å²) in [5, 5.41) is 11.2. The monoisotopic (exact) mass is 527 g/mol. The summed E-state index contributed by atoms with van der Waals surface area (Å²) in [6.07, 6.45) is 3.55. The molecule has 3 atom stereocenters. The Hall–Kier alpha value is -2.14. The molecule has 36 heavy (non-hydrogen) atoms. The Balaban J connectivity index is 2.70. The minimum absolute atomic E-state index is 0.0650. The van der Waals surface area contributed by atoms with Crippen LogP contribution in [0.4, 0.5) is 0 Å². The molecule has 4 N–H and O–H groups in total. The number of hydrogen-bond acceptors (Lipinski definition) is 7. The van der Waals surface area contributed by atoms with E-state index < -0.39 is 23.9 Å². The van der Waals surface area contributed by atoms with Crippen LogP contribution in [0.1, 0.15) is 60.8 Å². The summed E-state index contributed by atoms with van der Waals surface area (Å²) in [6, 6.07) is -1.70. The molecule has 1 fully saturated rings. The van der Waals surface area contributed by atoms with Crippen molar-refractivity contribution in [3.8, 4) is 0 Å². The molecule has 0 aromatic heterocycles. The van der Waals surface area contributed by atoms with Gasteiger partial charge in [-0.05, 0) is 37.2 Å². The van der Waals surface area contributed by atoms with Gasteiger partial charge in [0.2, 0.25) is 23.6 Å². The second-order valence-corrected chi connectivity index (χ2v) is 11.2. The second-order valence-electron chi connectivity index (χ2n) is 10.2. The normalized spacial score (nSPS) is 17.3. The van der Waals surface area contributed by atoms with Gasteiger partial charge in [-0.3, -0.25) is 24.0 Å². The Morgan fingerprint density at radius 3 is 2.19 bits per heavy atom. The molecular formula is C25H45N5O5S. The van der Waals surface area contributed by atoms with Crippen molar-refractivity contribution < 1.29 is 24.0 Å². The van der Waals surface area contributed by atoms with E-state index in [-0.39, 0.29) is 54.6 Å². The SMILES string of the molecule is CSCCC(NC(=O)CNC(=O)[C@@H]1CCCN1C(=O)[C@@H](NC(C)C)C(C)C)C(=O)NCC(=O)C(C)C. The van der Waals surface area contributed by atoms with Gasteiger partial charge < -0.3 is 26.2 Å². The molecule has 1 unspecified atom stereocenters. The molecule has 4 amide bonds. The number of rotatable bonds is 15. The fourth-order valence-electron chi connectivity index (χ4n) is 3.93. The van der Waals surface area contributed by atoms with Crippen LogP contribution in [-0.2, 0) is 24.0 Å². The lowest BCUT2D eigenvalue weighted by Gasteiger charge is -2.31. The lowest BCUT2D eigenvalue weighted by molar-refractivity contribution is -0.141. The summed E-state index contributed by atoms with van der Waals surface area (Å²) in [5.41, 5.74) is 0. The van der Waals surface area contributed by atoms with Crippen molar-refractivity contribution in [1.29, 1.82) is 0 Å². The molecule has 0 aromatic carbocycles. The second kappa shape index (κ2) is 15.9. The van der Waals surface area contributed by atoms with E-state index in [1.165, 1.54) is 11.8 Å². The van der Waals surface area contributed by atoms with Gasteiger partial charge in [0, 0.05) is 18.5 Å². The van der Waals surface area contributed by atoms with E-state index in [1.807, 2.05) is 34.0 Å². The zero-order valence-electron chi connectivity index (χ0n) is 22.8. The average Bonchev–Trinajstić information content (AvgIpc) is 3.31. The highest BCUT2D eigenvalue weighted by Gasteiger charge is 2.38. The number of amides is 4. The van der Waals surface area contributed by atoms with Gasteiger partial charge in [-0.15, -0.1) is 0 Å². The highest BCUT2D eigenvalue weighted by atomic mass is 32.2. The molecular weight excluding hydrogens is 482 g/mol. The maximum Gasteiger partial charge on any atom is 0.243 e. The largest absolute Gasteiger partial charge is 0.347 e. The van der Waals surface area contributed by atoms with Gasteiger partial charge in [0.15, 0.2) is 5.78 Å². The molecule has 0 radical (unpaired) electrons. The zero-order chi connectivity index (χ0) is 27.4. The van der Waals surface area contributed by atoms with E-state index in [4.69, 9.17) is 0 Å². The van der Waals surface area contributed by atoms with Crippen molar-refractivity contribution >= 4 is 41.2 Å². The predicted octanol–water partition coefficient (Wildman–Crippen LogP) is 0.695. The minimum Gasteiger partial charge on any atom is -0.347 e. The Kier molecular flexibility index (Phi) is 14.0. The summed E-state index contributed by atoms with van der Waals surface area (Å²) in [5.74, 6) is -0.997. The van der Waals surface area contributed by atoms with Gasteiger partial charge in [-0.1, -0.05) is 41.5 Å². The number of nitrogens with one attached hydrogen (secondary N) is 4. The summed E-state index contributed by atoms with van der Waals surface area (Å²) < 4.78 is 0. The van der Waals surface area contributed by atoms with Crippen molar-refractivity contribution in [2.24, 2.45) is 11.8 Å². The van der Waals surface area contributed by atoms with Crippen LogP contribution in [0, 0.1) is 11.8 Å². The van der Waals surface area contributed by atoms with Crippen LogP contribution in [0.25, 0.3) is 0 Å². The number of carbonyl (C=O) groups excluding carboxylic acids is 5. The van der Waals surface area contributed by atoms with Crippen LogP contribution in [0.15, 0.2) is 0 Å². The molecule has 0 aliphatic carbocycles. The van der Waals surface area contributed by atoms with Gasteiger partial charge in [0.25, 0.3) is 0 Å². The highest BCUT2D eigenvalue weighted by molar-refractivity contribution is 7.98. The lowest BCUT2D eigenvalue weighted by atomic mass is 10.0. The average molecular weight is 528 g/mol. The van der Waals surface area contributed by atoms with E-state index >= 15 is 0 Å². The minimum atomic E-state index is -0.805. The molecule has 1 aliphatic rings. The van der Waals surface area contributed by atoms with Crippen LogP contribution >= 0.6 is 11.8 Å². The predicted molar refractivity (Wildman–Crippen MR) is 142 cm³/mol. The van der Waals surface area contributed by atoms with Crippen molar-refractivity contribution in [1.82, 2.24) is 26.2 Å². The Labute approximate surface area is 219 Å². The molecule has 1 aliphatic heterocycles. The van der Waals surface area contributed by atoms with Crippen molar-refractivity contribution in [2.75, 3.05) is 31.6 Å².